The molecule has 0 rings (SSSR count). The maximum atomic E-state index is 9.74. The van der Waals surface area contributed by atoms with Crippen LogP contribution in [-0.4, -0.2) is 13.3 Å². The maximum Gasteiger partial charge on any atom is 0.122 e. The number of hydrogen-bond acceptors (Lipinski definition) is 2. The van der Waals surface area contributed by atoms with Gasteiger partial charge in [-0.25, -0.2) is 0 Å². The first kappa shape index (κ1) is 10.6. The second kappa shape index (κ2) is 9.80. The van der Waals surface area contributed by atoms with Crippen LogP contribution in [0.3, 0.4) is 0 Å². The summed E-state index contributed by atoms with van der Waals surface area (Å²) >= 11 is 0. The van der Waals surface area contributed by atoms with Crippen molar-refractivity contribution in [3.8, 4) is 0 Å². The minimum absolute atomic E-state index is 0.255. The number of nitrogens with two attached hydrogens (primary N) is 1. The SMILES string of the molecule is CCC(C)C=O.CN. The summed E-state index contributed by atoms with van der Waals surface area (Å²) in [5.74, 6) is 0.255. The Balaban J connectivity index is 0. The van der Waals surface area contributed by atoms with Crippen molar-refractivity contribution in [1.29, 1.82) is 0 Å². The topological polar surface area (TPSA) is 43.1 Å². The van der Waals surface area contributed by atoms with Crippen LogP contribution in [0, 0.1) is 5.92 Å². The van der Waals surface area contributed by atoms with Crippen LogP contribution in [0.25, 0.3) is 0 Å². The molecule has 0 aliphatic heterocycles. The molecule has 0 radical (unpaired) electrons. The first-order chi connectivity index (χ1) is 3.81. The van der Waals surface area contributed by atoms with Gasteiger partial charge in [-0.05, 0) is 13.5 Å². The third-order valence-corrected chi connectivity index (χ3v) is 0.876. The van der Waals surface area contributed by atoms with Crippen LogP contribution in [0.4, 0.5) is 0 Å². The Kier molecular flexibility index (Phi) is 13.0. The standard InChI is InChI=1S/C5H10O.CH5N/c1-3-5(2)4-6;1-2/h4-5H,3H2,1-2H3;2H2,1H3. The Morgan fingerprint density at radius 3 is 2.00 bits per heavy atom. The fourth-order valence-electron chi connectivity index (χ4n) is 0.0962. The third-order valence-electron chi connectivity index (χ3n) is 0.876. The molecular formula is C6H15NO. The lowest BCUT2D eigenvalue weighted by atomic mass is 10.2. The number of hydrogen-bond donors (Lipinski definition) is 1. The molecular weight excluding hydrogens is 102 g/mol. The Labute approximate surface area is 51.1 Å². The van der Waals surface area contributed by atoms with Crippen LogP contribution < -0.4 is 5.73 Å². The van der Waals surface area contributed by atoms with E-state index in [2.05, 4.69) is 5.73 Å². The van der Waals surface area contributed by atoms with Crippen LogP contribution in [0.15, 0.2) is 0 Å². The van der Waals surface area contributed by atoms with Gasteiger partial charge in [0, 0.05) is 5.92 Å². The van der Waals surface area contributed by atoms with Crippen molar-refractivity contribution in [3.63, 3.8) is 0 Å². The zero-order chi connectivity index (χ0) is 6.99. The van der Waals surface area contributed by atoms with E-state index in [4.69, 9.17) is 0 Å². The van der Waals surface area contributed by atoms with E-state index in [1.807, 2.05) is 13.8 Å². The molecule has 0 heterocycles. The molecule has 2 N–H and O–H groups in total. The molecule has 0 aromatic rings. The highest BCUT2D eigenvalue weighted by molar-refractivity contribution is 5.52. The lowest BCUT2D eigenvalue weighted by molar-refractivity contribution is -0.110. The predicted molar refractivity (Wildman–Crippen MR) is 35.6 cm³/mol. The Morgan fingerprint density at radius 1 is 1.62 bits per heavy atom. The maximum absolute atomic E-state index is 9.74. The van der Waals surface area contributed by atoms with Gasteiger partial charge in [-0.1, -0.05) is 13.8 Å². The summed E-state index contributed by atoms with van der Waals surface area (Å²) < 4.78 is 0. The van der Waals surface area contributed by atoms with Gasteiger partial charge in [-0.2, -0.15) is 0 Å². The van der Waals surface area contributed by atoms with E-state index in [0.717, 1.165) is 12.7 Å². The predicted octanol–water partition coefficient (Wildman–Crippen LogP) is 0.806. The molecule has 1 unspecified atom stereocenters. The molecule has 2 nitrogen and oxygen atoms in total. The van der Waals surface area contributed by atoms with Crippen LogP contribution in [-0.2, 0) is 4.79 Å². The first-order valence-electron chi connectivity index (χ1n) is 2.84. The second-order valence-electron chi connectivity index (χ2n) is 1.52. The summed E-state index contributed by atoms with van der Waals surface area (Å²) in [4.78, 5) is 9.74. The molecule has 0 amide bonds. The van der Waals surface area contributed by atoms with E-state index < -0.39 is 0 Å². The van der Waals surface area contributed by atoms with Crippen molar-refractivity contribution in [3.05, 3.63) is 0 Å². The molecule has 1 atom stereocenters. The van der Waals surface area contributed by atoms with Gasteiger partial charge in [0.05, 0.1) is 0 Å². The highest BCUT2D eigenvalue weighted by atomic mass is 16.1. The average Bonchev–Trinajstić information content (AvgIpc) is 1.91. The second-order valence-corrected chi connectivity index (χ2v) is 1.52. The molecule has 0 bridgehead atoms. The van der Waals surface area contributed by atoms with Crippen molar-refractivity contribution in [2.75, 3.05) is 7.05 Å². The molecule has 50 valence electrons. The molecule has 0 aromatic heterocycles. The van der Waals surface area contributed by atoms with Crippen molar-refractivity contribution in [2.24, 2.45) is 11.7 Å². The van der Waals surface area contributed by atoms with Crippen LogP contribution in [0.5, 0.6) is 0 Å². The molecule has 8 heavy (non-hydrogen) atoms. The largest absolute Gasteiger partial charge is 0.333 e. The van der Waals surface area contributed by atoms with Gasteiger partial charge in [0.25, 0.3) is 0 Å². The molecule has 0 saturated carbocycles. The lowest BCUT2D eigenvalue weighted by Gasteiger charge is -1.89. The van der Waals surface area contributed by atoms with E-state index >= 15 is 0 Å². The molecule has 0 aromatic carbocycles. The summed E-state index contributed by atoms with van der Waals surface area (Å²) in [6, 6.07) is 0. The third kappa shape index (κ3) is 9.16. The molecule has 2 heteroatoms. The highest BCUT2D eigenvalue weighted by Gasteiger charge is 1.89. The fourth-order valence-corrected chi connectivity index (χ4v) is 0.0962. The number of carbonyl (C=O) groups is 1. The summed E-state index contributed by atoms with van der Waals surface area (Å²) in [5, 5.41) is 0. The first-order valence-corrected chi connectivity index (χ1v) is 2.84. The van der Waals surface area contributed by atoms with Crippen molar-refractivity contribution in [1.82, 2.24) is 0 Å². The molecule has 0 aliphatic rings. The van der Waals surface area contributed by atoms with Gasteiger partial charge in [0.2, 0.25) is 0 Å². The molecule has 0 fully saturated rings. The monoisotopic (exact) mass is 117 g/mol. The summed E-state index contributed by atoms with van der Waals surface area (Å²) in [6.07, 6.45) is 1.93. The molecule has 0 saturated heterocycles. The quantitative estimate of drug-likeness (QED) is 0.544. The van der Waals surface area contributed by atoms with Gasteiger partial charge >= 0.3 is 0 Å². The van der Waals surface area contributed by atoms with Gasteiger partial charge in [0.15, 0.2) is 0 Å². The zero-order valence-corrected chi connectivity index (χ0v) is 5.85. The Morgan fingerprint density at radius 2 is 2.00 bits per heavy atom. The average molecular weight is 117 g/mol. The van der Waals surface area contributed by atoms with Crippen LogP contribution >= 0.6 is 0 Å². The van der Waals surface area contributed by atoms with Gasteiger partial charge in [-0.15, -0.1) is 0 Å². The summed E-state index contributed by atoms with van der Waals surface area (Å²) in [7, 11) is 1.50. The van der Waals surface area contributed by atoms with Crippen LogP contribution in [0.2, 0.25) is 0 Å². The van der Waals surface area contributed by atoms with E-state index in [9.17, 15) is 4.79 Å². The van der Waals surface area contributed by atoms with Gasteiger partial charge in [0.1, 0.15) is 6.29 Å². The number of aldehydes is 1. The summed E-state index contributed by atoms with van der Waals surface area (Å²) in [6.45, 7) is 3.91. The van der Waals surface area contributed by atoms with Crippen molar-refractivity contribution in [2.45, 2.75) is 20.3 Å². The number of carbonyl (C=O) groups excluding carboxylic acids is 1. The van der Waals surface area contributed by atoms with Crippen LogP contribution in [0.1, 0.15) is 20.3 Å². The van der Waals surface area contributed by atoms with Crippen molar-refractivity contribution < 1.29 is 4.79 Å². The Hall–Kier alpha value is -0.370. The lowest BCUT2D eigenvalue weighted by Crippen LogP contribution is -1.89. The summed E-state index contributed by atoms with van der Waals surface area (Å²) in [5.41, 5.74) is 4.50. The number of rotatable bonds is 2. The van der Waals surface area contributed by atoms with E-state index in [1.54, 1.807) is 0 Å². The van der Waals surface area contributed by atoms with Crippen molar-refractivity contribution >= 4 is 6.29 Å². The normalized spacial score (nSPS) is 11.0. The highest BCUT2D eigenvalue weighted by Crippen LogP contribution is 1.91. The minimum atomic E-state index is 0.255. The molecule has 0 aliphatic carbocycles. The minimum Gasteiger partial charge on any atom is -0.333 e. The van der Waals surface area contributed by atoms with E-state index in [0.29, 0.717) is 0 Å². The fraction of sp³-hybridized carbons (Fsp3) is 0.833. The zero-order valence-electron chi connectivity index (χ0n) is 5.85. The smallest absolute Gasteiger partial charge is 0.122 e. The Bertz CT molecular complexity index is 45.8. The van der Waals surface area contributed by atoms with E-state index in [-0.39, 0.29) is 5.92 Å². The van der Waals surface area contributed by atoms with E-state index in [1.165, 1.54) is 7.05 Å². The molecule has 0 spiro atoms. The van der Waals surface area contributed by atoms with Gasteiger partial charge < -0.3 is 10.5 Å². The van der Waals surface area contributed by atoms with Gasteiger partial charge in [-0.3, -0.25) is 0 Å².